The maximum atomic E-state index is 12.1. The lowest BCUT2D eigenvalue weighted by Gasteiger charge is -2.26. The third-order valence-corrected chi connectivity index (χ3v) is 4.66. The highest BCUT2D eigenvalue weighted by Gasteiger charge is 2.22. The third kappa shape index (κ3) is 3.89. The number of nitrogens with zero attached hydrogens (tertiary/aromatic N) is 1. The minimum atomic E-state index is -0.339. The van der Waals surface area contributed by atoms with Gasteiger partial charge in [-0.25, -0.2) is 4.98 Å². The van der Waals surface area contributed by atoms with Crippen LogP contribution < -0.4 is 11.1 Å². The summed E-state index contributed by atoms with van der Waals surface area (Å²) in [6, 6.07) is 9.85. The van der Waals surface area contributed by atoms with Crippen molar-refractivity contribution in [3.8, 4) is 10.6 Å². The molecule has 1 aromatic carbocycles. The Morgan fingerprint density at radius 3 is 2.57 bits per heavy atom. The molecule has 2 rings (SSSR count). The Morgan fingerprint density at radius 1 is 1.29 bits per heavy atom. The van der Waals surface area contributed by atoms with Crippen LogP contribution in [0.1, 0.15) is 37.2 Å². The van der Waals surface area contributed by atoms with Gasteiger partial charge in [-0.3, -0.25) is 4.79 Å². The number of thiazole rings is 1. The van der Waals surface area contributed by atoms with Crippen LogP contribution in [0, 0.1) is 0 Å². The third-order valence-electron chi connectivity index (χ3n) is 3.77. The molecule has 0 aliphatic rings. The van der Waals surface area contributed by atoms with Gasteiger partial charge in [-0.2, -0.15) is 0 Å². The molecule has 21 heavy (non-hydrogen) atoms. The van der Waals surface area contributed by atoms with Crippen molar-refractivity contribution in [1.29, 1.82) is 0 Å². The molecule has 0 atom stereocenters. The van der Waals surface area contributed by atoms with Crippen LogP contribution in [0.5, 0.6) is 0 Å². The second-order valence-electron chi connectivity index (χ2n) is 5.16. The number of carbonyl (C=O) groups is 1. The lowest BCUT2D eigenvalue weighted by molar-refractivity contribution is 0.0938. The zero-order valence-electron chi connectivity index (χ0n) is 12.4. The SMILES string of the molecule is CCC(N)(CC)CNC(=O)c1csc(-c2ccccc2)n1. The van der Waals surface area contributed by atoms with Crippen LogP contribution in [0.3, 0.4) is 0 Å². The Hall–Kier alpha value is -1.72. The van der Waals surface area contributed by atoms with E-state index in [2.05, 4.69) is 10.3 Å². The van der Waals surface area contributed by atoms with Crippen molar-refractivity contribution in [1.82, 2.24) is 10.3 Å². The van der Waals surface area contributed by atoms with E-state index in [-0.39, 0.29) is 11.4 Å². The normalized spacial score (nSPS) is 11.4. The zero-order chi connectivity index (χ0) is 15.3. The summed E-state index contributed by atoms with van der Waals surface area (Å²) in [7, 11) is 0. The first-order valence-corrected chi connectivity index (χ1v) is 8.04. The lowest BCUT2D eigenvalue weighted by Crippen LogP contribution is -2.49. The van der Waals surface area contributed by atoms with Crippen LogP contribution >= 0.6 is 11.3 Å². The number of rotatable bonds is 6. The number of benzene rings is 1. The summed E-state index contributed by atoms with van der Waals surface area (Å²) >= 11 is 1.47. The van der Waals surface area contributed by atoms with E-state index in [0.29, 0.717) is 12.2 Å². The maximum absolute atomic E-state index is 12.1. The van der Waals surface area contributed by atoms with Crippen molar-refractivity contribution < 1.29 is 4.79 Å². The minimum absolute atomic E-state index is 0.162. The fraction of sp³-hybridized carbons (Fsp3) is 0.375. The van der Waals surface area contributed by atoms with E-state index >= 15 is 0 Å². The van der Waals surface area contributed by atoms with Gasteiger partial charge in [0.2, 0.25) is 0 Å². The Labute approximate surface area is 129 Å². The second-order valence-corrected chi connectivity index (χ2v) is 6.01. The van der Waals surface area contributed by atoms with Crippen molar-refractivity contribution in [2.75, 3.05) is 6.54 Å². The van der Waals surface area contributed by atoms with Crippen molar-refractivity contribution in [3.05, 3.63) is 41.4 Å². The van der Waals surface area contributed by atoms with E-state index in [0.717, 1.165) is 23.4 Å². The quantitative estimate of drug-likeness (QED) is 0.862. The van der Waals surface area contributed by atoms with Crippen LogP contribution in [-0.2, 0) is 0 Å². The number of carbonyl (C=O) groups excluding carboxylic acids is 1. The fourth-order valence-corrected chi connectivity index (χ4v) is 2.74. The molecule has 1 heterocycles. The topological polar surface area (TPSA) is 68.0 Å². The Balaban J connectivity index is 2.03. The minimum Gasteiger partial charge on any atom is -0.349 e. The van der Waals surface area contributed by atoms with Gasteiger partial charge in [-0.1, -0.05) is 44.2 Å². The highest BCUT2D eigenvalue weighted by Crippen LogP contribution is 2.23. The monoisotopic (exact) mass is 303 g/mol. The van der Waals surface area contributed by atoms with E-state index in [1.165, 1.54) is 11.3 Å². The molecule has 0 saturated heterocycles. The smallest absolute Gasteiger partial charge is 0.270 e. The average molecular weight is 303 g/mol. The van der Waals surface area contributed by atoms with Crippen LogP contribution in [0.15, 0.2) is 35.7 Å². The van der Waals surface area contributed by atoms with Gasteiger partial charge < -0.3 is 11.1 Å². The molecule has 0 radical (unpaired) electrons. The summed E-state index contributed by atoms with van der Waals surface area (Å²) in [6.45, 7) is 4.54. The molecular weight excluding hydrogens is 282 g/mol. The number of hydrogen-bond acceptors (Lipinski definition) is 4. The van der Waals surface area contributed by atoms with E-state index in [9.17, 15) is 4.79 Å². The molecule has 0 aliphatic heterocycles. The number of nitrogens with two attached hydrogens (primary N) is 1. The second kappa shape index (κ2) is 6.83. The molecule has 0 spiro atoms. The molecule has 112 valence electrons. The highest BCUT2D eigenvalue weighted by molar-refractivity contribution is 7.13. The van der Waals surface area contributed by atoms with Gasteiger partial charge in [0.05, 0.1) is 0 Å². The van der Waals surface area contributed by atoms with Crippen LogP contribution in [-0.4, -0.2) is 23.0 Å². The van der Waals surface area contributed by atoms with Gasteiger partial charge in [0, 0.05) is 23.0 Å². The standard InChI is InChI=1S/C16H21N3OS/c1-3-16(17,4-2)11-18-14(20)13-10-21-15(19-13)12-8-6-5-7-9-12/h5-10H,3-4,11,17H2,1-2H3,(H,18,20). The molecule has 2 aromatic rings. The summed E-state index contributed by atoms with van der Waals surface area (Å²) in [5.74, 6) is -0.162. The average Bonchev–Trinajstić information content (AvgIpc) is 3.03. The molecule has 0 unspecified atom stereocenters. The molecule has 4 nitrogen and oxygen atoms in total. The Kier molecular flexibility index (Phi) is 5.09. The predicted octanol–water partition coefficient (Wildman–Crippen LogP) is 3.06. The van der Waals surface area contributed by atoms with Crippen molar-refractivity contribution in [2.24, 2.45) is 5.73 Å². The Bertz CT molecular complexity index is 591. The number of hydrogen-bond donors (Lipinski definition) is 2. The first kappa shape index (κ1) is 15.7. The summed E-state index contributed by atoms with van der Waals surface area (Å²) in [6.07, 6.45) is 1.66. The predicted molar refractivity (Wildman–Crippen MR) is 87.4 cm³/mol. The summed E-state index contributed by atoms with van der Waals surface area (Å²) in [4.78, 5) is 16.5. The summed E-state index contributed by atoms with van der Waals surface area (Å²) in [5, 5.41) is 5.52. The van der Waals surface area contributed by atoms with Gasteiger partial charge in [0.25, 0.3) is 5.91 Å². The summed E-state index contributed by atoms with van der Waals surface area (Å²) < 4.78 is 0. The molecule has 5 heteroatoms. The van der Waals surface area contributed by atoms with Crippen LogP contribution in [0.25, 0.3) is 10.6 Å². The molecule has 0 aliphatic carbocycles. The lowest BCUT2D eigenvalue weighted by atomic mass is 9.94. The van der Waals surface area contributed by atoms with Gasteiger partial charge in [0.15, 0.2) is 0 Å². The van der Waals surface area contributed by atoms with Gasteiger partial charge >= 0.3 is 0 Å². The maximum Gasteiger partial charge on any atom is 0.270 e. The van der Waals surface area contributed by atoms with Crippen molar-refractivity contribution in [2.45, 2.75) is 32.2 Å². The molecular formula is C16H21N3OS. The molecule has 0 bridgehead atoms. The number of nitrogens with one attached hydrogen (secondary N) is 1. The molecule has 1 amide bonds. The van der Waals surface area contributed by atoms with Crippen LogP contribution in [0.2, 0.25) is 0 Å². The van der Waals surface area contributed by atoms with Gasteiger partial charge in [0.1, 0.15) is 10.7 Å². The number of amides is 1. The fourth-order valence-electron chi connectivity index (χ4n) is 1.94. The largest absolute Gasteiger partial charge is 0.349 e. The van der Waals surface area contributed by atoms with Crippen molar-refractivity contribution in [3.63, 3.8) is 0 Å². The number of aromatic nitrogens is 1. The van der Waals surface area contributed by atoms with E-state index in [1.807, 2.05) is 44.2 Å². The van der Waals surface area contributed by atoms with Gasteiger partial charge in [-0.15, -0.1) is 11.3 Å². The van der Waals surface area contributed by atoms with E-state index in [4.69, 9.17) is 5.73 Å². The molecule has 1 aromatic heterocycles. The van der Waals surface area contributed by atoms with E-state index in [1.54, 1.807) is 5.38 Å². The van der Waals surface area contributed by atoms with Gasteiger partial charge in [-0.05, 0) is 12.8 Å². The molecule has 3 N–H and O–H groups in total. The molecule has 0 saturated carbocycles. The zero-order valence-corrected chi connectivity index (χ0v) is 13.2. The van der Waals surface area contributed by atoms with Crippen LogP contribution in [0.4, 0.5) is 0 Å². The molecule has 0 fully saturated rings. The van der Waals surface area contributed by atoms with E-state index < -0.39 is 0 Å². The summed E-state index contributed by atoms with van der Waals surface area (Å²) in [5.41, 5.74) is 7.32. The van der Waals surface area contributed by atoms with Crippen molar-refractivity contribution >= 4 is 17.2 Å². The Morgan fingerprint density at radius 2 is 1.95 bits per heavy atom. The first-order chi connectivity index (χ1) is 10.1. The highest BCUT2D eigenvalue weighted by atomic mass is 32.1. The first-order valence-electron chi connectivity index (χ1n) is 7.16.